The van der Waals surface area contributed by atoms with Crippen molar-refractivity contribution in [3.8, 4) is 5.88 Å². The molecule has 2 aromatic carbocycles. The summed E-state index contributed by atoms with van der Waals surface area (Å²) in [6.45, 7) is 2.48. The Morgan fingerprint density at radius 3 is 2.61 bits per heavy atom. The second kappa shape index (κ2) is 9.38. The molecule has 0 atom stereocenters. The molecule has 188 valence electrons. The average molecular weight is 536 g/mol. The number of fused-ring (bicyclic) bond motifs is 1. The number of alkyl halides is 3. The summed E-state index contributed by atoms with van der Waals surface area (Å²) in [5, 5.41) is 22.0. The zero-order valence-electron chi connectivity index (χ0n) is 19.1. The van der Waals surface area contributed by atoms with Gasteiger partial charge in [0.1, 0.15) is 0 Å². The zero-order chi connectivity index (χ0) is 25.6. The van der Waals surface area contributed by atoms with Crippen molar-refractivity contribution in [2.24, 2.45) is 10.2 Å². The Hall–Kier alpha value is -3.15. The van der Waals surface area contributed by atoms with Crippen LogP contribution in [0, 0.1) is 0 Å². The number of hydrogen-bond acceptors (Lipinski definition) is 7. The molecule has 0 saturated carbocycles. The molecular weight excluding hydrogens is 515 g/mol. The molecule has 0 aliphatic carbocycles. The fraction of sp³-hybridized carbons (Fsp3) is 0.292. The number of aromatic nitrogens is 1. The Morgan fingerprint density at radius 1 is 1.14 bits per heavy atom. The van der Waals surface area contributed by atoms with Gasteiger partial charge < -0.3 is 15.0 Å². The Balaban J connectivity index is 1.69. The van der Waals surface area contributed by atoms with E-state index in [1.165, 1.54) is 16.8 Å². The minimum absolute atomic E-state index is 0.0212. The van der Waals surface area contributed by atoms with Gasteiger partial charge in [-0.15, -0.1) is 0 Å². The summed E-state index contributed by atoms with van der Waals surface area (Å²) >= 11 is 6.69. The van der Waals surface area contributed by atoms with Crippen LogP contribution in [0.4, 0.5) is 13.2 Å². The summed E-state index contributed by atoms with van der Waals surface area (Å²) in [5.74, 6) is -0.286. The van der Waals surface area contributed by atoms with Gasteiger partial charge in [-0.1, -0.05) is 35.1 Å². The van der Waals surface area contributed by atoms with Crippen molar-refractivity contribution < 1.29 is 18.3 Å². The van der Waals surface area contributed by atoms with Crippen LogP contribution >= 0.6 is 22.9 Å². The molecule has 3 heterocycles. The van der Waals surface area contributed by atoms with Gasteiger partial charge >= 0.3 is 11.0 Å². The number of rotatable bonds is 4. The third-order valence-electron chi connectivity index (χ3n) is 6.29. The molecule has 0 unspecified atom stereocenters. The molecule has 0 radical (unpaired) electrons. The van der Waals surface area contributed by atoms with E-state index in [1.54, 1.807) is 29.4 Å². The van der Waals surface area contributed by atoms with Crippen LogP contribution in [0.1, 0.15) is 21.6 Å². The topological polar surface area (TPSA) is 73.4 Å². The maximum Gasteiger partial charge on any atom is 0.416 e. The van der Waals surface area contributed by atoms with Gasteiger partial charge in [0.2, 0.25) is 5.88 Å². The molecule has 1 N–H and O–H groups in total. The average Bonchev–Trinajstić information content (AvgIpc) is 3.41. The van der Waals surface area contributed by atoms with E-state index in [1.807, 2.05) is 7.05 Å². The summed E-state index contributed by atoms with van der Waals surface area (Å²) in [4.78, 5) is 14.9. The molecule has 0 amide bonds. The number of halogens is 4. The molecule has 7 nitrogen and oxygen atoms in total. The van der Waals surface area contributed by atoms with E-state index in [9.17, 15) is 23.1 Å². The van der Waals surface area contributed by atoms with Crippen molar-refractivity contribution in [2.45, 2.75) is 12.6 Å². The maximum atomic E-state index is 13.9. The van der Waals surface area contributed by atoms with Gasteiger partial charge in [-0.05, 0) is 47.7 Å². The van der Waals surface area contributed by atoms with Gasteiger partial charge in [0.15, 0.2) is 0 Å². The van der Waals surface area contributed by atoms with E-state index in [0.717, 1.165) is 17.4 Å². The monoisotopic (exact) mass is 535 g/mol. The highest BCUT2D eigenvalue weighted by Gasteiger charge is 2.34. The molecule has 0 bridgehead atoms. The fourth-order valence-electron chi connectivity index (χ4n) is 4.36. The van der Waals surface area contributed by atoms with Crippen molar-refractivity contribution in [2.75, 3.05) is 38.2 Å². The van der Waals surface area contributed by atoms with Crippen LogP contribution in [0.2, 0.25) is 5.02 Å². The van der Waals surface area contributed by atoms with E-state index in [0.29, 0.717) is 47.9 Å². The smallest absolute Gasteiger partial charge is 0.416 e. The molecule has 0 spiro atoms. The standard InChI is InChI=1S/C24H21ClF3N5O2S/c1-31-6-8-32(9-7-31)33-22(34)21(36-23(33)35)18(14-3-5-20-16(10-14)13-29-30-20)11-15-2-4-17(25)12-19(15)24(26,27)28/h2-5,10,12-13,34H,6-9,11H2,1H3. The van der Waals surface area contributed by atoms with Gasteiger partial charge in [-0.3, -0.25) is 4.79 Å². The summed E-state index contributed by atoms with van der Waals surface area (Å²) in [6.07, 6.45) is -3.26. The van der Waals surface area contributed by atoms with Gasteiger partial charge in [0, 0.05) is 43.2 Å². The third-order valence-corrected chi connectivity index (χ3v) is 7.50. The summed E-state index contributed by atoms with van der Waals surface area (Å²) in [5.41, 5.74) is 0.198. The lowest BCUT2D eigenvalue weighted by molar-refractivity contribution is -0.138. The van der Waals surface area contributed by atoms with Gasteiger partial charge in [0.05, 0.1) is 22.0 Å². The second-order valence-corrected chi connectivity index (χ2v) is 10.1. The number of benzene rings is 2. The molecule has 2 aliphatic heterocycles. The summed E-state index contributed by atoms with van der Waals surface area (Å²) < 4.78 is 42.9. The number of thiazole rings is 1. The van der Waals surface area contributed by atoms with Crippen LogP contribution < -0.4 is 20.5 Å². The quantitative estimate of drug-likeness (QED) is 0.557. The minimum atomic E-state index is -4.63. The molecule has 12 heteroatoms. The van der Waals surface area contributed by atoms with Crippen molar-refractivity contribution in [1.29, 1.82) is 0 Å². The Morgan fingerprint density at radius 2 is 1.89 bits per heavy atom. The van der Waals surface area contributed by atoms with Crippen molar-refractivity contribution in [1.82, 2.24) is 9.58 Å². The van der Waals surface area contributed by atoms with Crippen LogP contribution in [0.3, 0.4) is 0 Å². The highest BCUT2D eigenvalue weighted by Crippen LogP contribution is 2.37. The van der Waals surface area contributed by atoms with Gasteiger partial charge in [-0.25, -0.2) is 0 Å². The first-order valence-electron chi connectivity index (χ1n) is 11.1. The molecule has 2 aliphatic rings. The predicted molar refractivity (Wildman–Crippen MR) is 133 cm³/mol. The molecule has 1 saturated heterocycles. The third kappa shape index (κ3) is 4.65. The van der Waals surface area contributed by atoms with E-state index in [-0.39, 0.29) is 27.8 Å². The minimum Gasteiger partial charge on any atom is -0.492 e. The van der Waals surface area contributed by atoms with Crippen LogP contribution in [-0.2, 0) is 12.6 Å². The number of nitrogens with zero attached hydrogens (tertiary/aromatic N) is 5. The molecule has 36 heavy (non-hydrogen) atoms. The second-order valence-electron chi connectivity index (χ2n) is 8.66. The first-order chi connectivity index (χ1) is 17.1. The van der Waals surface area contributed by atoms with Crippen LogP contribution in [0.15, 0.2) is 51.4 Å². The molecule has 1 fully saturated rings. The number of likely N-dealkylation sites (N-methyl/N-ethyl adjacent to an activating group) is 1. The largest absolute Gasteiger partial charge is 0.492 e. The highest BCUT2D eigenvalue weighted by molar-refractivity contribution is 7.10. The first kappa shape index (κ1) is 24.5. The maximum absolute atomic E-state index is 13.9. The van der Waals surface area contributed by atoms with E-state index in [4.69, 9.17) is 11.6 Å². The highest BCUT2D eigenvalue weighted by atomic mass is 35.5. The van der Waals surface area contributed by atoms with E-state index >= 15 is 0 Å². The number of hydrogen-bond donors (Lipinski definition) is 1. The Labute approximate surface area is 212 Å². The molecule has 3 aromatic rings. The zero-order valence-corrected chi connectivity index (χ0v) is 20.7. The number of piperazine rings is 1. The Bertz CT molecular complexity index is 1540. The summed E-state index contributed by atoms with van der Waals surface area (Å²) in [6, 6.07) is 8.78. The van der Waals surface area contributed by atoms with Crippen LogP contribution in [0.25, 0.3) is 5.57 Å². The van der Waals surface area contributed by atoms with Crippen LogP contribution in [0.5, 0.6) is 5.88 Å². The summed E-state index contributed by atoms with van der Waals surface area (Å²) in [7, 11) is 1.97. The molecular formula is C24H21ClF3N5O2S. The van der Waals surface area contributed by atoms with E-state index in [2.05, 4.69) is 15.1 Å². The first-order valence-corrected chi connectivity index (χ1v) is 12.3. The van der Waals surface area contributed by atoms with Gasteiger partial charge in [0.25, 0.3) is 0 Å². The van der Waals surface area contributed by atoms with Crippen LogP contribution in [-0.4, -0.2) is 54.1 Å². The lowest BCUT2D eigenvalue weighted by atomic mass is 9.96. The molecule has 1 aromatic heterocycles. The van der Waals surface area contributed by atoms with Crippen molar-refractivity contribution in [3.63, 3.8) is 0 Å². The van der Waals surface area contributed by atoms with Gasteiger partial charge in [-0.2, -0.15) is 28.1 Å². The van der Waals surface area contributed by atoms with Crippen molar-refractivity contribution in [3.05, 3.63) is 83.2 Å². The number of aromatic hydroxyl groups is 1. The SMILES string of the molecule is CN1CCN(n2c(O)c(C(Cc3ccc(Cl)cc3C(F)(F)F)=c3ccc4c(c3)C=NN=4)sc2=O)CC1. The molecule has 5 rings (SSSR count). The normalized spacial score (nSPS) is 16.8. The van der Waals surface area contributed by atoms with E-state index < -0.39 is 16.6 Å². The van der Waals surface area contributed by atoms with Crippen molar-refractivity contribution >= 4 is 34.7 Å². The Kier molecular flexibility index (Phi) is 6.39. The lowest BCUT2D eigenvalue weighted by Crippen LogP contribution is -2.52. The fourth-order valence-corrected chi connectivity index (χ4v) is 5.49. The predicted octanol–water partition coefficient (Wildman–Crippen LogP) is 2.58. The lowest BCUT2D eigenvalue weighted by Gasteiger charge is -2.33.